The van der Waals surface area contributed by atoms with Gasteiger partial charge in [-0.2, -0.15) is 0 Å². The van der Waals surface area contributed by atoms with Gasteiger partial charge >= 0.3 is 6.03 Å². The first-order valence-corrected chi connectivity index (χ1v) is 7.53. The number of anilines is 1. The zero-order valence-corrected chi connectivity index (χ0v) is 13.4. The van der Waals surface area contributed by atoms with E-state index in [1.54, 1.807) is 6.92 Å². The molecule has 2 N–H and O–H groups in total. The highest BCUT2D eigenvalue weighted by Crippen LogP contribution is 2.25. The number of nitrogens with zero attached hydrogens (tertiary/aromatic N) is 1. The highest BCUT2D eigenvalue weighted by molar-refractivity contribution is 6.10. The van der Waals surface area contributed by atoms with Gasteiger partial charge in [-0.05, 0) is 43.5 Å². The molecular weight excluding hydrogens is 301 g/mol. The van der Waals surface area contributed by atoms with Crippen molar-refractivity contribution in [1.82, 2.24) is 10.2 Å². The molecule has 0 aromatic heterocycles. The Kier molecular flexibility index (Phi) is 4.68. The third-order valence-corrected chi connectivity index (χ3v) is 4.22. The summed E-state index contributed by atoms with van der Waals surface area (Å²) >= 11 is 0. The molecule has 1 fully saturated rings. The van der Waals surface area contributed by atoms with Crippen LogP contribution in [0.25, 0.3) is 0 Å². The van der Waals surface area contributed by atoms with E-state index in [1.807, 2.05) is 13.8 Å². The lowest BCUT2D eigenvalue weighted by molar-refractivity contribution is -0.134. The van der Waals surface area contributed by atoms with Crippen molar-refractivity contribution in [2.45, 2.75) is 39.2 Å². The van der Waals surface area contributed by atoms with E-state index < -0.39 is 29.2 Å². The Morgan fingerprint density at radius 3 is 2.48 bits per heavy atom. The minimum atomic E-state index is -0.927. The molecular formula is C16H20FN3O3. The molecule has 2 rings (SSSR count). The lowest BCUT2D eigenvalue weighted by Crippen LogP contribution is -2.46. The molecule has 1 saturated heterocycles. The van der Waals surface area contributed by atoms with Gasteiger partial charge in [-0.3, -0.25) is 14.5 Å². The molecule has 1 aromatic carbocycles. The van der Waals surface area contributed by atoms with Gasteiger partial charge in [-0.1, -0.05) is 13.8 Å². The zero-order valence-electron chi connectivity index (χ0n) is 13.4. The fourth-order valence-corrected chi connectivity index (χ4v) is 2.65. The van der Waals surface area contributed by atoms with Gasteiger partial charge in [-0.25, -0.2) is 9.18 Å². The van der Waals surface area contributed by atoms with Crippen LogP contribution in [0.2, 0.25) is 0 Å². The number of benzene rings is 1. The van der Waals surface area contributed by atoms with Crippen LogP contribution in [0.4, 0.5) is 14.9 Å². The van der Waals surface area contributed by atoms with Gasteiger partial charge < -0.3 is 10.6 Å². The Balaban J connectivity index is 2.08. The zero-order chi connectivity index (χ0) is 17.2. The van der Waals surface area contributed by atoms with Crippen molar-refractivity contribution in [3.05, 3.63) is 29.6 Å². The third-order valence-electron chi connectivity index (χ3n) is 4.22. The SMILES string of the molecule is CCC1(CC)NC(=O)N(CC(=O)Nc2ccc(F)cc2C)C1=O. The number of aryl methyl sites for hydroxylation is 1. The molecule has 1 aromatic rings. The van der Waals surface area contributed by atoms with E-state index in [9.17, 15) is 18.8 Å². The topological polar surface area (TPSA) is 78.5 Å². The number of nitrogens with one attached hydrogen (secondary N) is 2. The molecule has 0 saturated carbocycles. The summed E-state index contributed by atoms with van der Waals surface area (Å²) in [5.74, 6) is -1.30. The smallest absolute Gasteiger partial charge is 0.324 e. The van der Waals surface area contributed by atoms with Crippen LogP contribution in [-0.4, -0.2) is 34.8 Å². The van der Waals surface area contributed by atoms with Gasteiger partial charge in [0.25, 0.3) is 5.91 Å². The number of rotatable bonds is 5. The van der Waals surface area contributed by atoms with Crippen molar-refractivity contribution in [3.8, 4) is 0 Å². The molecule has 0 radical (unpaired) electrons. The maximum Gasteiger partial charge on any atom is 0.325 e. The molecule has 4 amide bonds. The van der Waals surface area contributed by atoms with Crippen LogP contribution < -0.4 is 10.6 Å². The van der Waals surface area contributed by atoms with Gasteiger partial charge in [0, 0.05) is 5.69 Å². The lowest BCUT2D eigenvalue weighted by Gasteiger charge is -2.23. The Labute approximate surface area is 134 Å². The largest absolute Gasteiger partial charge is 0.325 e. The Bertz CT molecular complexity index is 656. The van der Waals surface area contributed by atoms with E-state index >= 15 is 0 Å². The van der Waals surface area contributed by atoms with E-state index in [-0.39, 0.29) is 6.54 Å². The quantitative estimate of drug-likeness (QED) is 0.816. The van der Waals surface area contributed by atoms with Crippen LogP contribution in [0.5, 0.6) is 0 Å². The average Bonchev–Trinajstić information content (AvgIpc) is 2.75. The second-order valence-electron chi connectivity index (χ2n) is 5.62. The highest BCUT2D eigenvalue weighted by atomic mass is 19.1. The standard InChI is InChI=1S/C16H20FN3O3/c1-4-16(5-2)14(22)20(15(23)19-16)9-13(21)18-12-7-6-11(17)8-10(12)3/h6-8H,4-5,9H2,1-3H3,(H,18,21)(H,19,23). The second kappa shape index (κ2) is 6.36. The second-order valence-corrected chi connectivity index (χ2v) is 5.62. The predicted molar refractivity (Wildman–Crippen MR) is 83.3 cm³/mol. The van der Waals surface area contributed by atoms with Crippen molar-refractivity contribution in [2.75, 3.05) is 11.9 Å². The lowest BCUT2D eigenvalue weighted by atomic mass is 9.93. The van der Waals surface area contributed by atoms with Crippen LogP contribution >= 0.6 is 0 Å². The highest BCUT2D eigenvalue weighted by Gasteiger charge is 2.49. The first-order chi connectivity index (χ1) is 10.8. The van der Waals surface area contributed by atoms with Crippen LogP contribution in [0.3, 0.4) is 0 Å². The summed E-state index contributed by atoms with van der Waals surface area (Å²) in [7, 11) is 0. The number of urea groups is 1. The monoisotopic (exact) mass is 321 g/mol. The van der Waals surface area contributed by atoms with Gasteiger partial charge in [0.2, 0.25) is 5.91 Å². The number of halogens is 1. The van der Waals surface area contributed by atoms with Crippen molar-refractivity contribution in [1.29, 1.82) is 0 Å². The van der Waals surface area contributed by atoms with Gasteiger partial charge in [0.15, 0.2) is 0 Å². The number of carbonyl (C=O) groups excluding carboxylic acids is 3. The summed E-state index contributed by atoms with van der Waals surface area (Å²) in [4.78, 5) is 37.4. The van der Waals surface area contributed by atoms with Gasteiger partial charge in [0.05, 0.1) is 0 Å². The molecule has 23 heavy (non-hydrogen) atoms. The van der Waals surface area contributed by atoms with Crippen molar-refractivity contribution < 1.29 is 18.8 Å². The molecule has 1 aliphatic rings. The van der Waals surface area contributed by atoms with E-state index in [4.69, 9.17) is 0 Å². The van der Waals surface area contributed by atoms with E-state index in [2.05, 4.69) is 10.6 Å². The van der Waals surface area contributed by atoms with Gasteiger partial charge in [0.1, 0.15) is 17.9 Å². The first kappa shape index (κ1) is 16.9. The molecule has 1 heterocycles. The summed E-state index contributed by atoms with van der Waals surface area (Å²) in [5, 5.41) is 5.25. The first-order valence-electron chi connectivity index (χ1n) is 7.53. The molecule has 0 unspecified atom stereocenters. The summed E-state index contributed by atoms with van der Waals surface area (Å²) in [6.07, 6.45) is 0.923. The van der Waals surface area contributed by atoms with E-state index in [0.29, 0.717) is 24.1 Å². The molecule has 7 heteroatoms. The molecule has 0 spiro atoms. The molecule has 0 atom stereocenters. The maximum atomic E-state index is 13.1. The molecule has 1 aliphatic heterocycles. The Morgan fingerprint density at radius 2 is 1.96 bits per heavy atom. The summed E-state index contributed by atoms with van der Waals surface area (Å²) < 4.78 is 13.1. The van der Waals surface area contributed by atoms with E-state index in [0.717, 1.165) is 4.90 Å². The summed E-state index contributed by atoms with van der Waals surface area (Å²) in [5.41, 5.74) is 0.0797. The Hall–Kier alpha value is -2.44. The van der Waals surface area contributed by atoms with Crippen molar-refractivity contribution >= 4 is 23.5 Å². The molecule has 124 valence electrons. The van der Waals surface area contributed by atoms with Crippen LogP contribution in [0, 0.1) is 12.7 Å². The molecule has 0 aliphatic carbocycles. The number of amides is 4. The summed E-state index contributed by atoms with van der Waals surface area (Å²) in [6, 6.07) is 3.40. The van der Waals surface area contributed by atoms with Crippen LogP contribution in [0.1, 0.15) is 32.3 Å². The predicted octanol–water partition coefficient (Wildman–Crippen LogP) is 2.18. The van der Waals surface area contributed by atoms with E-state index in [1.165, 1.54) is 18.2 Å². The number of carbonyl (C=O) groups is 3. The number of hydrogen-bond acceptors (Lipinski definition) is 3. The number of imide groups is 1. The maximum absolute atomic E-state index is 13.1. The van der Waals surface area contributed by atoms with Crippen molar-refractivity contribution in [2.24, 2.45) is 0 Å². The normalized spacial score (nSPS) is 16.4. The molecule has 6 nitrogen and oxygen atoms in total. The number of hydrogen-bond donors (Lipinski definition) is 2. The third kappa shape index (κ3) is 3.18. The summed E-state index contributed by atoms with van der Waals surface area (Å²) in [6.45, 7) is 4.91. The van der Waals surface area contributed by atoms with Crippen molar-refractivity contribution in [3.63, 3.8) is 0 Å². The fraction of sp³-hybridized carbons (Fsp3) is 0.438. The van der Waals surface area contributed by atoms with Crippen LogP contribution in [0.15, 0.2) is 18.2 Å². The Morgan fingerprint density at radius 1 is 1.30 bits per heavy atom. The minimum Gasteiger partial charge on any atom is -0.324 e. The fourth-order valence-electron chi connectivity index (χ4n) is 2.65. The average molecular weight is 321 g/mol. The van der Waals surface area contributed by atoms with Gasteiger partial charge in [-0.15, -0.1) is 0 Å². The minimum absolute atomic E-state index is 0.372. The van der Waals surface area contributed by atoms with Crippen LogP contribution in [-0.2, 0) is 9.59 Å². The molecule has 0 bridgehead atoms.